The van der Waals surface area contributed by atoms with Crippen molar-refractivity contribution in [2.45, 2.75) is 38.0 Å². The molecular formula is C17H25NO. The van der Waals surface area contributed by atoms with Crippen LogP contribution in [0.5, 0.6) is 0 Å². The Morgan fingerprint density at radius 3 is 2.95 bits per heavy atom. The third-order valence-electron chi connectivity index (χ3n) is 4.83. The molecule has 3 rings (SSSR count). The van der Waals surface area contributed by atoms with Crippen molar-refractivity contribution in [1.29, 1.82) is 0 Å². The summed E-state index contributed by atoms with van der Waals surface area (Å²) in [6.07, 6.45) is 6.37. The highest BCUT2D eigenvalue weighted by Crippen LogP contribution is 2.32. The van der Waals surface area contributed by atoms with Crippen LogP contribution in [-0.4, -0.2) is 36.2 Å². The van der Waals surface area contributed by atoms with Gasteiger partial charge in [0.2, 0.25) is 0 Å². The summed E-state index contributed by atoms with van der Waals surface area (Å²) < 4.78 is 0. The Bertz CT molecular complexity index is 417. The van der Waals surface area contributed by atoms with E-state index in [1.807, 2.05) is 0 Å². The highest BCUT2D eigenvalue weighted by molar-refractivity contribution is 5.32. The van der Waals surface area contributed by atoms with E-state index in [2.05, 4.69) is 29.2 Å². The fourth-order valence-corrected chi connectivity index (χ4v) is 3.82. The average molecular weight is 259 g/mol. The molecule has 1 aromatic carbocycles. The minimum atomic E-state index is 0.359. The van der Waals surface area contributed by atoms with Crippen molar-refractivity contribution in [2.75, 3.05) is 26.2 Å². The lowest BCUT2D eigenvalue weighted by Gasteiger charge is -2.36. The Morgan fingerprint density at radius 1 is 1.16 bits per heavy atom. The number of likely N-dealkylation sites (tertiary alicyclic amines) is 1. The van der Waals surface area contributed by atoms with Crippen LogP contribution in [0.25, 0.3) is 0 Å². The Labute approximate surface area is 116 Å². The van der Waals surface area contributed by atoms with Gasteiger partial charge in [-0.1, -0.05) is 24.3 Å². The second kappa shape index (κ2) is 6.06. The molecule has 1 fully saturated rings. The lowest BCUT2D eigenvalue weighted by molar-refractivity contribution is 0.114. The molecule has 0 radical (unpaired) electrons. The molecule has 1 aliphatic carbocycles. The van der Waals surface area contributed by atoms with Crippen LogP contribution in [0.1, 0.15) is 42.7 Å². The molecule has 1 N–H and O–H groups in total. The summed E-state index contributed by atoms with van der Waals surface area (Å²) in [5.41, 5.74) is 3.15. The molecule has 0 amide bonds. The van der Waals surface area contributed by atoms with E-state index in [0.717, 1.165) is 6.54 Å². The maximum Gasteiger partial charge on any atom is 0.0471 e. The Balaban J connectivity index is 1.67. The predicted molar refractivity (Wildman–Crippen MR) is 78.4 cm³/mol. The van der Waals surface area contributed by atoms with Gasteiger partial charge >= 0.3 is 0 Å². The third-order valence-corrected chi connectivity index (χ3v) is 4.83. The zero-order chi connectivity index (χ0) is 13.1. The fourth-order valence-electron chi connectivity index (χ4n) is 3.82. The van der Waals surface area contributed by atoms with Crippen molar-refractivity contribution in [3.05, 3.63) is 35.4 Å². The fraction of sp³-hybridized carbons (Fsp3) is 0.647. The van der Waals surface area contributed by atoms with Crippen molar-refractivity contribution in [3.8, 4) is 0 Å². The number of piperidine rings is 1. The van der Waals surface area contributed by atoms with Gasteiger partial charge in [-0.15, -0.1) is 0 Å². The van der Waals surface area contributed by atoms with Gasteiger partial charge < -0.3 is 10.0 Å². The van der Waals surface area contributed by atoms with Gasteiger partial charge in [-0.05, 0) is 61.6 Å². The van der Waals surface area contributed by atoms with Gasteiger partial charge in [0.25, 0.3) is 0 Å². The molecule has 2 nitrogen and oxygen atoms in total. The lowest BCUT2D eigenvalue weighted by Crippen LogP contribution is -2.39. The number of hydrogen-bond donors (Lipinski definition) is 1. The predicted octanol–water partition coefficient (Wildman–Crippen LogP) is 2.81. The molecule has 2 atom stereocenters. The molecule has 0 saturated carbocycles. The molecule has 1 aromatic rings. The smallest absolute Gasteiger partial charge is 0.0471 e. The van der Waals surface area contributed by atoms with Gasteiger partial charge in [0.15, 0.2) is 0 Å². The first-order chi connectivity index (χ1) is 9.36. The van der Waals surface area contributed by atoms with Gasteiger partial charge in [0.05, 0.1) is 0 Å². The van der Waals surface area contributed by atoms with Gasteiger partial charge in [-0.3, -0.25) is 0 Å². The summed E-state index contributed by atoms with van der Waals surface area (Å²) in [5, 5.41) is 9.35. The van der Waals surface area contributed by atoms with Crippen molar-refractivity contribution in [3.63, 3.8) is 0 Å². The summed E-state index contributed by atoms with van der Waals surface area (Å²) in [7, 11) is 0. The van der Waals surface area contributed by atoms with Crippen LogP contribution in [0.4, 0.5) is 0 Å². The van der Waals surface area contributed by atoms with Crippen LogP contribution in [0.15, 0.2) is 24.3 Å². The summed E-state index contributed by atoms with van der Waals surface area (Å²) in [6.45, 7) is 3.86. The van der Waals surface area contributed by atoms with Gasteiger partial charge in [0, 0.05) is 19.7 Å². The number of benzene rings is 1. The number of aliphatic hydroxyl groups is 1. The van der Waals surface area contributed by atoms with E-state index in [4.69, 9.17) is 0 Å². The normalized spacial score (nSPS) is 28.1. The average Bonchev–Trinajstić information content (AvgIpc) is 2.48. The molecule has 1 saturated heterocycles. The van der Waals surface area contributed by atoms with Gasteiger partial charge in [-0.25, -0.2) is 0 Å². The van der Waals surface area contributed by atoms with E-state index in [1.165, 1.54) is 45.2 Å². The van der Waals surface area contributed by atoms with Crippen LogP contribution in [0, 0.1) is 5.92 Å². The highest BCUT2D eigenvalue weighted by atomic mass is 16.3. The molecule has 2 aliphatic rings. The van der Waals surface area contributed by atoms with E-state index in [1.54, 1.807) is 11.1 Å². The monoisotopic (exact) mass is 259 g/mol. The minimum absolute atomic E-state index is 0.359. The van der Waals surface area contributed by atoms with E-state index in [-0.39, 0.29) is 0 Å². The second-order valence-corrected chi connectivity index (χ2v) is 6.24. The summed E-state index contributed by atoms with van der Waals surface area (Å²) in [4.78, 5) is 2.58. The minimum Gasteiger partial charge on any atom is -0.396 e. The first-order valence-corrected chi connectivity index (χ1v) is 7.78. The van der Waals surface area contributed by atoms with Crippen molar-refractivity contribution in [1.82, 2.24) is 4.90 Å². The maximum absolute atomic E-state index is 9.35. The van der Waals surface area contributed by atoms with E-state index in [0.29, 0.717) is 18.4 Å². The van der Waals surface area contributed by atoms with Crippen molar-refractivity contribution in [2.24, 2.45) is 5.92 Å². The van der Waals surface area contributed by atoms with Crippen LogP contribution in [-0.2, 0) is 6.42 Å². The number of hydrogen-bond acceptors (Lipinski definition) is 2. The summed E-state index contributed by atoms with van der Waals surface area (Å²) >= 11 is 0. The molecule has 0 spiro atoms. The molecule has 1 aliphatic heterocycles. The number of rotatable bonds is 3. The number of fused-ring (bicyclic) bond motifs is 1. The summed E-state index contributed by atoms with van der Waals surface area (Å²) in [6, 6.07) is 8.98. The molecular weight excluding hydrogens is 234 g/mol. The topological polar surface area (TPSA) is 23.5 Å². The standard InChI is InChI=1S/C17H25NO/c19-13-14-5-4-10-18(11-14)12-16-8-3-7-15-6-1-2-9-17(15)16/h1-2,6,9,14,16,19H,3-5,7-8,10-13H2. The number of nitrogens with zero attached hydrogens (tertiary/aromatic N) is 1. The van der Waals surface area contributed by atoms with E-state index >= 15 is 0 Å². The van der Waals surface area contributed by atoms with Crippen LogP contribution >= 0.6 is 0 Å². The molecule has 2 heteroatoms. The van der Waals surface area contributed by atoms with E-state index < -0.39 is 0 Å². The third kappa shape index (κ3) is 3.01. The zero-order valence-electron chi connectivity index (χ0n) is 11.7. The molecule has 104 valence electrons. The molecule has 2 unspecified atom stereocenters. The molecule has 19 heavy (non-hydrogen) atoms. The van der Waals surface area contributed by atoms with Crippen LogP contribution in [0.3, 0.4) is 0 Å². The van der Waals surface area contributed by atoms with Gasteiger partial charge in [-0.2, -0.15) is 0 Å². The first kappa shape index (κ1) is 13.1. The van der Waals surface area contributed by atoms with E-state index in [9.17, 15) is 5.11 Å². The SMILES string of the molecule is OCC1CCCN(CC2CCCc3ccccc32)C1. The maximum atomic E-state index is 9.35. The first-order valence-electron chi connectivity index (χ1n) is 7.78. The highest BCUT2D eigenvalue weighted by Gasteiger charge is 2.25. The van der Waals surface area contributed by atoms with Crippen LogP contribution in [0.2, 0.25) is 0 Å². The second-order valence-electron chi connectivity index (χ2n) is 6.24. The van der Waals surface area contributed by atoms with Crippen molar-refractivity contribution >= 4 is 0 Å². The lowest BCUT2D eigenvalue weighted by atomic mass is 9.82. The molecule has 0 bridgehead atoms. The Hall–Kier alpha value is -0.860. The zero-order valence-corrected chi connectivity index (χ0v) is 11.7. The quantitative estimate of drug-likeness (QED) is 0.902. The summed E-state index contributed by atoms with van der Waals surface area (Å²) in [5.74, 6) is 1.22. The molecule has 1 heterocycles. The molecule has 0 aromatic heterocycles. The number of aliphatic hydroxyl groups excluding tert-OH is 1. The van der Waals surface area contributed by atoms with Crippen LogP contribution < -0.4 is 0 Å². The van der Waals surface area contributed by atoms with Gasteiger partial charge in [0.1, 0.15) is 0 Å². The number of aryl methyl sites for hydroxylation is 1. The Morgan fingerprint density at radius 2 is 2.05 bits per heavy atom. The largest absolute Gasteiger partial charge is 0.396 e. The Kier molecular flexibility index (Phi) is 4.19. The van der Waals surface area contributed by atoms with Crippen molar-refractivity contribution < 1.29 is 5.11 Å².